The summed E-state index contributed by atoms with van der Waals surface area (Å²) >= 11 is 0. The third kappa shape index (κ3) is 5.86. The van der Waals surface area contributed by atoms with E-state index in [9.17, 15) is 14.4 Å². The van der Waals surface area contributed by atoms with Crippen molar-refractivity contribution in [2.24, 2.45) is 5.73 Å². The Balaban J connectivity index is 1.49. The molecule has 1 saturated heterocycles. The van der Waals surface area contributed by atoms with Gasteiger partial charge in [0.2, 0.25) is 11.8 Å². The summed E-state index contributed by atoms with van der Waals surface area (Å²) in [6, 6.07) is 21.8. The summed E-state index contributed by atoms with van der Waals surface area (Å²) in [5.41, 5.74) is 8.77. The van der Waals surface area contributed by atoms with Gasteiger partial charge in [-0.1, -0.05) is 42.5 Å². The summed E-state index contributed by atoms with van der Waals surface area (Å²) in [6.45, 7) is 2.61. The number of morpholine rings is 1. The largest absolute Gasteiger partial charge is 0.379 e. The molecule has 0 spiro atoms. The van der Waals surface area contributed by atoms with Gasteiger partial charge in [-0.25, -0.2) is 0 Å². The first-order valence-corrected chi connectivity index (χ1v) is 11.0. The van der Waals surface area contributed by atoms with Crippen molar-refractivity contribution >= 4 is 29.1 Å². The molecule has 1 fully saturated rings. The summed E-state index contributed by atoms with van der Waals surface area (Å²) in [5.74, 6) is -1.35. The Bertz CT molecular complexity index is 1170. The van der Waals surface area contributed by atoms with E-state index in [2.05, 4.69) is 10.6 Å². The van der Waals surface area contributed by atoms with Crippen molar-refractivity contribution < 1.29 is 19.1 Å². The predicted molar refractivity (Wildman–Crippen MR) is 131 cm³/mol. The first kappa shape index (κ1) is 23.2. The van der Waals surface area contributed by atoms with Crippen LogP contribution in [0.25, 0.3) is 11.1 Å². The lowest BCUT2D eigenvalue weighted by Gasteiger charge is -2.26. The van der Waals surface area contributed by atoms with E-state index in [-0.39, 0.29) is 29.3 Å². The van der Waals surface area contributed by atoms with Crippen molar-refractivity contribution in [1.82, 2.24) is 4.90 Å². The van der Waals surface area contributed by atoms with E-state index in [1.807, 2.05) is 59.5 Å². The van der Waals surface area contributed by atoms with E-state index in [0.29, 0.717) is 32.0 Å². The highest BCUT2D eigenvalue weighted by atomic mass is 16.5. The summed E-state index contributed by atoms with van der Waals surface area (Å²) < 4.78 is 5.30. The molecular formula is C26H26N4O4. The van der Waals surface area contributed by atoms with Crippen molar-refractivity contribution in [3.63, 3.8) is 0 Å². The molecule has 0 unspecified atom stereocenters. The van der Waals surface area contributed by atoms with Gasteiger partial charge in [0.25, 0.3) is 5.91 Å². The van der Waals surface area contributed by atoms with Crippen LogP contribution in [0.5, 0.6) is 0 Å². The molecule has 0 bridgehead atoms. The number of carbonyl (C=O) groups is 3. The Labute approximate surface area is 197 Å². The standard InChI is InChI=1S/C26H26N4O4/c27-25(32)20-8-11-22(23(16-20)29-24(31)17-30-12-14-34-15-13-30)26(33)28-21-9-6-19(7-10-21)18-4-2-1-3-5-18/h1-11,16H,12-15,17H2,(H2,27,32)(H,28,33)(H,29,31). The van der Waals surface area contributed by atoms with Gasteiger partial charge in [-0.2, -0.15) is 0 Å². The molecule has 4 N–H and O–H groups in total. The topological polar surface area (TPSA) is 114 Å². The van der Waals surface area contributed by atoms with E-state index < -0.39 is 11.8 Å². The molecule has 34 heavy (non-hydrogen) atoms. The molecule has 3 aromatic carbocycles. The Hall–Kier alpha value is -4.01. The number of primary amides is 1. The zero-order chi connectivity index (χ0) is 23.9. The zero-order valence-corrected chi connectivity index (χ0v) is 18.6. The van der Waals surface area contributed by atoms with Crippen molar-refractivity contribution in [3.8, 4) is 11.1 Å². The second-order valence-electron chi connectivity index (χ2n) is 7.96. The molecule has 1 aliphatic heterocycles. The lowest BCUT2D eigenvalue weighted by atomic mass is 10.1. The van der Waals surface area contributed by atoms with Gasteiger partial charge in [-0.05, 0) is 41.5 Å². The highest BCUT2D eigenvalue weighted by molar-refractivity contribution is 6.11. The number of nitrogens with one attached hydrogen (secondary N) is 2. The smallest absolute Gasteiger partial charge is 0.257 e. The summed E-state index contributed by atoms with van der Waals surface area (Å²) in [4.78, 5) is 39.3. The van der Waals surface area contributed by atoms with Gasteiger partial charge in [0.05, 0.1) is 31.0 Å². The van der Waals surface area contributed by atoms with Crippen LogP contribution >= 0.6 is 0 Å². The van der Waals surface area contributed by atoms with Crippen molar-refractivity contribution in [1.29, 1.82) is 0 Å². The first-order valence-electron chi connectivity index (χ1n) is 11.0. The third-order valence-electron chi connectivity index (χ3n) is 5.54. The van der Waals surface area contributed by atoms with E-state index in [1.165, 1.54) is 18.2 Å². The van der Waals surface area contributed by atoms with Crippen LogP contribution in [0.4, 0.5) is 11.4 Å². The molecule has 3 aromatic rings. The van der Waals surface area contributed by atoms with Gasteiger partial charge in [0.15, 0.2) is 0 Å². The number of carbonyl (C=O) groups excluding carboxylic acids is 3. The molecule has 0 aromatic heterocycles. The Morgan fingerprint density at radius 2 is 1.53 bits per heavy atom. The predicted octanol–water partition coefficient (Wildman–Crippen LogP) is 2.98. The fourth-order valence-corrected chi connectivity index (χ4v) is 3.73. The average Bonchev–Trinajstić information content (AvgIpc) is 2.85. The van der Waals surface area contributed by atoms with Crippen LogP contribution in [-0.4, -0.2) is 55.5 Å². The van der Waals surface area contributed by atoms with Gasteiger partial charge >= 0.3 is 0 Å². The molecular weight excluding hydrogens is 432 g/mol. The molecule has 1 heterocycles. The summed E-state index contributed by atoms with van der Waals surface area (Å²) in [6.07, 6.45) is 0. The number of anilines is 2. The normalized spacial score (nSPS) is 13.8. The van der Waals surface area contributed by atoms with Gasteiger partial charge in [0.1, 0.15) is 0 Å². The highest BCUT2D eigenvalue weighted by Gasteiger charge is 2.19. The highest BCUT2D eigenvalue weighted by Crippen LogP contribution is 2.23. The maximum atomic E-state index is 13.0. The number of ether oxygens (including phenoxy) is 1. The van der Waals surface area contributed by atoms with Gasteiger partial charge in [-0.3, -0.25) is 19.3 Å². The Kier molecular flexibility index (Phi) is 7.31. The molecule has 1 aliphatic rings. The lowest BCUT2D eigenvalue weighted by Crippen LogP contribution is -2.41. The molecule has 0 radical (unpaired) electrons. The van der Waals surface area contributed by atoms with Gasteiger partial charge in [-0.15, -0.1) is 0 Å². The number of nitrogens with two attached hydrogens (primary N) is 1. The minimum Gasteiger partial charge on any atom is -0.379 e. The van der Waals surface area contributed by atoms with E-state index in [1.54, 1.807) is 0 Å². The van der Waals surface area contributed by atoms with Gasteiger partial charge < -0.3 is 21.1 Å². The van der Waals surface area contributed by atoms with Crippen LogP contribution in [0.1, 0.15) is 20.7 Å². The zero-order valence-electron chi connectivity index (χ0n) is 18.6. The third-order valence-corrected chi connectivity index (χ3v) is 5.54. The lowest BCUT2D eigenvalue weighted by molar-refractivity contribution is -0.118. The minimum atomic E-state index is -0.646. The number of nitrogens with zero attached hydrogens (tertiary/aromatic N) is 1. The molecule has 8 heteroatoms. The molecule has 174 valence electrons. The SMILES string of the molecule is NC(=O)c1ccc(C(=O)Nc2ccc(-c3ccccc3)cc2)c(NC(=O)CN2CCOCC2)c1. The van der Waals surface area contributed by atoms with E-state index in [0.717, 1.165) is 11.1 Å². The van der Waals surface area contributed by atoms with Crippen LogP contribution < -0.4 is 16.4 Å². The Morgan fingerprint density at radius 1 is 0.853 bits per heavy atom. The Morgan fingerprint density at radius 3 is 2.21 bits per heavy atom. The number of amides is 3. The summed E-state index contributed by atoms with van der Waals surface area (Å²) in [5, 5.41) is 5.61. The quantitative estimate of drug-likeness (QED) is 0.504. The van der Waals surface area contributed by atoms with E-state index in [4.69, 9.17) is 10.5 Å². The second kappa shape index (κ2) is 10.7. The fourth-order valence-electron chi connectivity index (χ4n) is 3.73. The second-order valence-corrected chi connectivity index (χ2v) is 7.96. The maximum Gasteiger partial charge on any atom is 0.257 e. The number of benzene rings is 3. The van der Waals surface area contributed by atoms with Crippen LogP contribution in [-0.2, 0) is 9.53 Å². The monoisotopic (exact) mass is 458 g/mol. The van der Waals surface area contributed by atoms with Crippen LogP contribution in [0.3, 0.4) is 0 Å². The van der Waals surface area contributed by atoms with Gasteiger partial charge in [0, 0.05) is 24.3 Å². The molecule has 0 aliphatic carbocycles. The minimum absolute atomic E-state index is 0.159. The van der Waals surface area contributed by atoms with Crippen LogP contribution in [0, 0.1) is 0 Å². The average molecular weight is 459 g/mol. The molecule has 3 amide bonds. The number of hydrogen-bond acceptors (Lipinski definition) is 5. The summed E-state index contributed by atoms with van der Waals surface area (Å²) in [7, 11) is 0. The van der Waals surface area contributed by atoms with Crippen molar-refractivity contribution in [2.45, 2.75) is 0 Å². The van der Waals surface area contributed by atoms with Crippen LogP contribution in [0.2, 0.25) is 0 Å². The fraction of sp³-hybridized carbons (Fsp3) is 0.192. The molecule has 8 nitrogen and oxygen atoms in total. The number of hydrogen-bond donors (Lipinski definition) is 3. The van der Waals surface area contributed by atoms with Crippen molar-refractivity contribution in [3.05, 3.63) is 83.9 Å². The molecule has 0 atom stereocenters. The van der Waals surface area contributed by atoms with Crippen LogP contribution in [0.15, 0.2) is 72.8 Å². The van der Waals surface area contributed by atoms with E-state index >= 15 is 0 Å². The first-order chi connectivity index (χ1) is 16.5. The number of rotatable bonds is 7. The van der Waals surface area contributed by atoms with Crippen molar-refractivity contribution in [2.75, 3.05) is 43.5 Å². The maximum absolute atomic E-state index is 13.0. The molecule has 4 rings (SSSR count). The molecule has 0 saturated carbocycles.